The van der Waals surface area contributed by atoms with Crippen LogP contribution in [0.1, 0.15) is 79.6 Å². The molecule has 0 amide bonds. The number of carboxylic acid groups (broad SMARTS) is 1. The van der Waals surface area contributed by atoms with E-state index in [1.54, 1.807) is 12.1 Å². The predicted molar refractivity (Wildman–Crippen MR) is 154 cm³/mol. The molecule has 11 heteroatoms. The van der Waals surface area contributed by atoms with Crippen LogP contribution in [0.25, 0.3) is 11.2 Å². The van der Waals surface area contributed by atoms with Gasteiger partial charge in [-0.3, -0.25) is 4.79 Å². The van der Waals surface area contributed by atoms with Crippen molar-refractivity contribution < 1.29 is 14.0 Å². The molecule has 0 bridgehead atoms. The second kappa shape index (κ2) is 9.81. The van der Waals surface area contributed by atoms with Gasteiger partial charge in [0.1, 0.15) is 0 Å². The third kappa shape index (κ3) is 4.54. The fourth-order valence-electron chi connectivity index (χ4n) is 6.79. The zero-order chi connectivity index (χ0) is 30.3. The third-order valence-electron chi connectivity index (χ3n) is 9.56. The smallest absolute Gasteiger partial charge is 0.309 e. The number of hydrogen-bond acceptors (Lipinski definition) is 7. The molecule has 4 fully saturated rings. The molecule has 2 atom stereocenters. The Kier molecular flexibility index (Phi) is 5.67. The number of carboxylic acids is 1. The van der Waals surface area contributed by atoms with Crippen molar-refractivity contribution in [2.45, 2.75) is 70.3 Å². The minimum absolute atomic E-state index is 0.246. The molecule has 1 aromatic carbocycles. The van der Waals surface area contributed by atoms with Crippen LogP contribution in [0.3, 0.4) is 0 Å². The van der Waals surface area contributed by atoms with E-state index < -0.39 is 24.3 Å². The molecule has 2 aromatic heterocycles. The highest BCUT2D eigenvalue weighted by Gasteiger charge is 2.50. The van der Waals surface area contributed by atoms with E-state index in [2.05, 4.69) is 20.1 Å². The van der Waals surface area contributed by atoms with Crippen LogP contribution < -0.4 is 4.90 Å². The molecule has 4 heterocycles. The first-order valence-electron chi connectivity index (χ1n) is 15.7. The first-order valence-corrected chi connectivity index (χ1v) is 15.0. The van der Waals surface area contributed by atoms with Crippen molar-refractivity contribution in [3.63, 3.8) is 0 Å². The van der Waals surface area contributed by atoms with Crippen LogP contribution in [0.2, 0.25) is 10.0 Å². The lowest BCUT2D eigenvalue weighted by Gasteiger charge is -2.52. The second-order valence-corrected chi connectivity index (χ2v) is 13.3. The van der Waals surface area contributed by atoms with Crippen molar-refractivity contribution in [2.75, 3.05) is 31.1 Å². The van der Waals surface area contributed by atoms with Crippen LogP contribution in [0, 0.1) is 17.3 Å². The molecule has 1 N–H and O–H groups in total. The van der Waals surface area contributed by atoms with Gasteiger partial charge in [0, 0.05) is 45.8 Å². The Morgan fingerprint density at radius 1 is 1.15 bits per heavy atom. The number of anilines is 1. The van der Waals surface area contributed by atoms with Crippen LogP contribution in [0.5, 0.6) is 0 Å². The van der Waals surface area contributed by atoms with E-state index in [9.17, 15) is 9.90 Å². The lowest BCUT2D eigenvalue weighted by atomic mass is 9.65. The van der Waals surface area contributed by atoms with Crippen molar-refractivity contribution in [1.29, 1.82) is 0 Å². The number of rotatable bonds is 7. The molecule has 0 spiro atoms. The number of carbonyl (C=O) groups is 1. The third-order valence-corrected chi connectivity index (χ3v) is 10.1. The Labute approximate surface area is 248 Å². The number of benzene rings is 1. The van der Waals surface area contributed by atoms with Gasteiger partial charge in [0.2, 0.25) is 5.95 Å². The molecule has 0 radical (unpaired) electrons. The van der Waals surface area contributed by atoms with Crippen LogP contribution in [0.15, 0.2) is 18.2 Å². The summed E-state index contributed by atoms with van der Waals surface area (Å²) in [6, 6.07) is 3.95. The monoisotopic (exact) mass is 586 g/mol. The summed E-state index contributed by atoms with van der Waals surface area (Å²) in [5.41, 5.74) is 1.57. The Bertz CT molecular complexity index is 1570. The summed E-state index contributed by atoms with van der Waals surface area (Å²) in [5, 5.41) is 18.9. The first-order chi connectivity index (χ1) is 20.4. The molecular formula is C29H35Cl2N7O2. The highest BCUT2D eigenvalue weighted by molar-refractivity contribution is 6.35. The van der Waals surface area contributed by atoms with Gasteiger partial charge in [0.25, 0.3) is 0 Å². The lowest BCUT2D eigenvalue weighted by molar-refractivity contribution is -0.158. The van der Waals surface area contributed by atoms with Crippen molar-refractivity contribution in [3.8, 4) is 0 Å². The number of fused-ring (bicyclic) bond motifs is 1. The average molecular weight is 588 g/mol. The Hall–Kier alpha value is -2.49. The topological polar surface area (TPSA) is 100 Å². The highest BCUT2D eigenvalue weighted by Crippen LogP contribution is 2.46. The number of aromatic nitrogens is 5. The van der Waals surface area contributed by atoms with Crippen LogP contribution >= 0.6 is 23.2 Å². The average Bonchev–Trinajstić information content (AvgIpc) is 3.67. The summed E-state index contributed by atoms with van der Waals surface area (Å²) in [6.07, 6.45) is 5.77. The fourth-order valence-corrected chi connectivity index (χ4v) is 7.31. The predicted octanol–water partition coefficient (Wildman–Crippen LogP) is 5.42. The van der Waals surface area contributed by atoms with E-state index in [0.29, 0.717) is 45.6 Å². The van der Waals surface area contributed by atoms with Gasteiger partial charge in [-0.1, -0.05) is 34.5 Å². The van der Waals surface area contributed by atoms with Crippen molar-refractivity contribution in [1.82, 2.24) is 29.9 Å². The molecule has 2 aliphatic heterocycles. The Morgan fingerprint density at radius 2 is 1.95 bits per heavy atom. The highest BCUT2D eigenvalue weighted by atomic mass is 35.5. The quantitative estimate of drug-likeness (QED) is 0.392. The molecule has 40 heavy (non-hydrogen) atoms. The van der Waals surface area contributed by atoms with Crippen LogP contribution in [-0.2, 0) is 4.79 Å². The molecule has 4 aliphatic rings. The number of aliphatic carboxylic acids is 1. The molecule has 3 aromatic rings. The summed E-state index contributed by atoms with van der Waals surface area (Å²) in [7, 11) is 0. The van der Waals surface area contributed by atoms with Crippen LogP contribution in [-0.4, -0.2) is 73.2 Å². The summed E-state index contributed by atoms with van der Waals surface area (Å²) >= 11 is 12.6. The van der Waals surface area contributed by atoms with Gasteiger partial charge in [-0.25, -0.2) is 9.67 Å². The first kappa shape index (κ1) is 23.1. The van der Waals surface area contributed by atoms with E-state index in [-0.39, 0.29) is 10.9 Å². The van der Waals surface area contributed by atoms with Gasteiger partial charge in [0.05, 0.1) is 17.2 Å². The number of nitrogens with zero attached hydrogens (tertiary/aromatic N) is 7. The van der Waals surface area contributed by atoms with E-state index in [1.807, 2.05) is 6.92 Å². The number of hydrogen-bond donors (Lipinski definition) is 1. The molecular weight excluding hydrogens is 549 g/mol. The van der Waals surface area contributed by atoms with E-state index in [4.69, 9.17) is 37.3 Å². The van der Waals surface area contributed by atoms with Crippen LogP contribution in [0.4, 0.5) is 5.95 Å². The molecule has 7 rings (SSSR count). The number of halogens is 2. The van der Waals surface area contributed by atoms with Crippen molar-refractivity contribution in [2.24, 2.45) is 17.3 Å². The molecule has 0 unspecified atom stereocenters. The van der Waals surface area contributed by atoms with E-state index >= 15 is 0 Å². The normalized spacial score (nSPS) is 29.8. The minimum Gasteiger partial charge on any atom is -0.481 e. The zero-order valence-electron chi connectivity index (χ0n) is 25.4. The summed E-state index contributed by atoms with van der Waals surface area (Å²) in [6.45, 7) is 3.09. The van der Waals surface area contributed by atoms with Gasteiger partial charge < -0.3 is 14.9 Å². The fraction of sp³-hybridized carbons (Fsp3) is 0.621. The zero-order valence-corrected chi connectivity index (χ0v) is 23.9. The number of likely N-dealkylation sites (tertiary alicyclic amines) is 1. The Balaban J connectivity index is 1.13. The molecule has 2 saturated carbocycles. The summed E-state index contributed by atoms with van der Waals surface area (Å²) in [4.78, 5) is 26.1. The van der Waals surface area contributed by atoms with Gasteiger partial charge in [-0.15, -0.1) is 5.10 Å². The maximum absolute atomic E-state index is 11.6. The van der Waals surface area contributed by atoms with Gasteiger partial charge in [0.15, 0.2) is 11.2 Å². The number of piperidine rings is 1. The lowest BCUT2D eigenvalue weighted by Crippen LogP contribution is -2.58. The molecule has 2 aliphatic carbocycles. The largest absolute Gasteiger partial charge is 0.481 e. The van der Waals surface area contributed by atoms with Crippen molar-refractivity contribution in [3.05, 3.63) is 39.5 Å². The summed E-state index contributed by atoms with van der Waals surface area (Å²) in [5.74, 6) is 1.22. The second-order valence-electron chi connectivity index (χ2n) is 12.4. The molecule has 212 valence electrons. The van der Waals surface area contributed by atoms with E-state index in [0.717, 1.165) is 64.0 Å². The van der Waals surface area contributed by atoms with E-state index in [1.165, 1.54) is 17.2 Å². The molecule has 9 nitrogen and oxygen atoms in total. The molecule has 2 saturated heterocycles. The SMILES string of the molecule is [2H]C([2H])([2H])[C@H](c1ccc(Cl)cc1Cl)n1nnc2c(C3CC3)nc(N3CC([C@H]4CCCN(C5CC(C)(C(=O)O)C5)C4)C3)nc21. The summed E-state index contributed by atoms with van der Waals surface area (Å²) < 4.78 is 26.5. The minimum atomic E-state index is -2.47. The maximum atomic E-state index is 11.6. The van der Waals surface area contributed by atoms with Gasteiger partial charge in [-0.2, -0.15) is 4.98 Å². The van der Waals surface area contributed by atoms with Gasteiger partial charge in [-0.05, 0) is 88.4 Å². The van der Waals surface area contributed by atoms with Crippen molar-refractivity contribution >= 4 is 46.3 Å². The standard InChI is InChI=1S/C29H35Cl2N7O2/c1-16(22-8-7-20(30)10-23(22)31)38-26-25(34-35-38)24(17-5-6-17)32-28(33-26)37-14-19(15-37)18-4-3-9-36(13-18)21-11-29(2,12-21)27(39)40/h7-8,10,16-19,21H,3-6,9,11-15H2,1-2H3,(H,39,40)/t16-,18+,21?,29?/m1/s1/i1D3. The maximum Gasteiger partial charge on any atom is 0.309 e. The van der Waals surface area contributed by atoms with Gasteiger partial charge >= 0.3 is 5.97 Å². The Morgan fingerprint density at radius 3 is 2.65 bits per heavy atom.